The minimum Gasteiger partial charge on any atom is -0.396 e. The zero-order chi connectivity index (χ0) is 13.3. The van der Waals surface area contributed by atoms with Gasteiger partial charge in [-0.2, -0.15) is 0 Å². The van der Waals surface area contributed by atoms with Crippen LogP contribution in [-0.4, -0.2) is 43.1 Å². The van der Waals surface area contributed by atoms with Crippen molar-refractivity contribution in [2.45, 2.75) is 31.7 Å². The lowest BCUT2D eigenvalue weighted by Crippen LogP contribution is -2.57. The summed E-state index contributed by atoms with van der Waals surface area (Å²) in [4.78, 5) is 9.10. The molecule has 0 amide bonds. The summed E-state index contributed by atoms with van der Waals surface area (Å²) in [6.07, 6.45) is 3.84. The van der Waals surface area contributed by atoms with Crippen LogP contribution in [0, 0.1) is 6.92 Å². The minimum absolute atomic E-state index is 0.298. The SMILES string of the molecule is Cc1ccc(N)c(N(C)CC2(N(C)C)CCC2)n1. The van der Waals surface area contributed by atoms with Crippen molar-refractivity contribution in [2.75, 3.05) is 38.3 Å². The quantitative estimate of drug-likeness (QED) is 0.884. The summed E-state index contributed by atoms with van der Waals surface area (Å²) >= 11 is 0. The van der Waals surface area contributed by atoms with E-state index in [-0.39, 0.29) is 0 Å². The zero-order valence-electron chi connectivity index (χ0n) is 11.9. The van der Waals surface area contributed by atoms with Crippen molar-refractivity contribution in [3.05, 3.63) is 17.8 Å². The first-order valence-electron chi connectivity index (χ1n) is 6.56. The van der Waals surface area contributed by atoms with Gasteiger partial charge in [-0.15, -0.1) is 0 Å². The average molecular weight is 248 g/mol. The Morgan fingerprint density at radius 3 is 2.44 bits per heavy atom. The first-order valence-corrected chi connectivity index (χ1v) is 6.56. The number of pyridine rings is 1. The predicted octanol–water partition coefficient (Wildman–Crippen LogP) is 1.89. The average Bonchev–Trinajstić information content (AvgIpc) is 2.26. The summed E-state index contributed by atoms with van der Waals surface area (Å²) in [6, 6.07) is 3.90. The molecule has 0 spiro atoms. The van der Waals surface area contributed by atoms with Gasteiger partial charge < -0.3 is 15.5 Å². The van der Waals surface area contributed by atoms with Crippen molar-refractivity contribution < 1.29 is 0 Å². The standard InChI is InChI=1S/C14H24N4/c1-11-6-7-12(15)13(16-11)18(4)10-14(17(2)3)8-5-9-14/h6-7H,5,8-10,15H2,1-4H3. The lowest BCUT2D eigenvalue weighted by atomic mass is 9.75. The van der Waals surface area contributed by atoms with Crippen molar-refractivity contribution in [1.82, 2.24) is 9.88 Å². The molecule has 1 aromatic heterocycles. The van der Waals surface area contributed by atoms with E-state index in [0.29, 0.717) is 5.54 Å². The van der Waals surface area contributed by atoms with E-state index in [1.54, 1.807) is 0 Å². The van der Waals surface area contributed by atoms with Gasteiger partial charge in [-0.05, 0) is 52.4 Å². The van der Waals surface area contributed by atoms with Crippen molar-refractivity contribution in [3.8, 4) is 0 Å². The highest BCUT2D eigenvalue weighted by atomic mass is 15.3. The number of nitrogen functional groups attached to an aromatic ring is 1. The van der Waals surface area contributed by atoms with Crippen molar-refractivity contribution >= 4 is 11.5 Å². The number of rotatable bonds is 4. The van der Waals surface area contributed by atoms with E-state index < -0.39 is 0 Å². The molecule has 1 aliphatic rings. The number of aryl methyl sites for hydroxylation is 1. The van der Waals surface area contributed by atoms with E-state index in [1.807, 2.05) is 19.1 Å². The Balaban J connectivity index is 2.16. The molecule has 4 nitrogen and oxygen atoms in total. The third-order valence-corrected chi connectivity index (χ3v) is 4.17. The maximum Gasteiger partial charge on any atom is 0.151 e. The maximum absolute atomic E-state index is 6.03. The van der Waals surface area contributed by atoms with Gasteiger partial charge in [-0.3, -0.25) is 0 Å². The molecule has 1 fully saturated rings. The van der Waals surface area contributed by atoms with Gasteiger partial charge >= 0.3 is 0 Å². The number of nitrogens with zero attached hydrogens (tertiary/aromatic N) is 3. The van der Waals surface area contributed by atoms with E-state index in [4.69, 9.17) is 5.73 Å². The third kappa shape index (κ3) is 2.29. The molecule has 0 atom stereocenters. The molecule has 0 unspecified atom stereocenters. The summed E-state index contributed by atoms with van der Waals surface area (Å²) in [5, 5.41) is 0. The molecule has 1 aromatic rings. The minimum atomic E-state index is 0.298. The van der Waals surface area contributed by atoms with Crippen molar-refractivity contribution in [2.24, 2.45) is 0 Å². The Morgan fingerprint density at radius 2 is 1.94 bits per heavy atom. The molecule has 0 aliphatic heterocycles. The molecule has 2 rings (SSSR count). The molecule has 1 heterocycles. The fourth-order valence-electron chi connectivity index (χ4n) is 2.71. The van der Waals surface area contributed by atoms with E-state index in [9.17, 15) is 0 Å². The molecule has 1 aliphatic carbocycles. The Hall–Kier alpha value is -1.29. The van der Waals surface area contributed by atoms with Gasteiger partial charge in [0.05, 0.1) is 5.69 Å². The normalized spacial score (nSPS) is 17.6. The summed E-state index contributed by atoms with van der Waals surface area (Å²) in [6.45, 7) is 2.99. The number of nitrogens with two attached hydrogens (primary N) is 1. The lowest BCUT2D eigenvalue weighted by Gasteiger charge is -2.49. The Kier molecular flexibility index (Phi) is 3.48. The highest BCUT2D eigenvalue weighted by molar-refractivity contribution is 5.62. The van der Waals surface area contributed by atoms with Crippen LogP contribution in [-0.2, 0) is 0 Å². The number of likely N-dealkylation sites (N-methyl/N-ethyl adjacent to an activating group) is 2. The monoisotopic (exact) mass is 248 g/mol. The van der Waals surface area contributed by atoms with Gasteiger partial charge in [0.2, 0.25) is 0 Å². The Morgan fingerprint density at radius 1 is 1.28 bits per heavy atom. The number of aromatic nitrogens is 1. The molecule has 0 radical (unpaired) electrons. The summed E-state index contributed by atoms with van der Waals surface area (Å²) in [7, 11) is 6.42. The van der Waals surface area contributed by atoms with Gasteiger partial charge in [0.1, 0.15) is 0 Å². The van der Waals surface area contributed by atoms with Crippen molar-refractivity contribution in [3.63, 3.8) is 0 Å². The topological polar surface area (TPSA) is 45.4 Å². The fraction of sp³-hybridized carbons (Fsp3) is 0.643. The molecule has 4 heteroatoms. The largest absolute Gasteiger partial charge is 0.396 e. The van der Waals surface area contributed by atoms with Crippen LogP contribution >= 0.6 is 0 Å². The fourth-order valence-corrected chi connectivity index (χ4v) is 2.71. The van der Waals surface area contributed by atoms with Crippen LogP contribution in [0.25, 0.3) is 0 Å². The Labute approximate surface area is 110 Å². The maximum atomic E-state index is 6.03. The molecule has 0 bridgehead atoms. The molecule has 0 aromatic carbocycles. The smallest absolute Gasteiger partial charge is 0.151 e. The summed E-state index contributed by atoms with van der Waals surface area (Å²) in [5.41, 5.74) is 8.10. The second-order valence-corrected chi connectivity index (χ2v) is 5.69. The molecule has 100 valence electrons. The van der Waals surface area contributed by atoms with Crippen LogP contribution in [0.15, 0.2) is 12.1 Å². The summed E-state index contributed by atoms with van der Waals surface area (Å²) < 4.78 is 0. The lowest BCUT2D eigenvalue weighted by molar-refractivity contribution is 0.0682. The van der Waals surface area contributed by atoms with Crippen LogP contribution in [0.3, 0.4) is 0 Å². The van der Waals surface area contributed by atoms with Crippen molar-refractivity contribution in [1.29, 1.82) is 0 Å². The Bertz CT molecular complexity index is 424. The van der Waals surface area contributed by atoms with Gasteiger partial charge in [-0.25, -0.2) is 4.98 Å². The molecule has 2 N–H and O–H groups in total. The van der Waals surface area contributed by atoms with Crippen LogP contribution in [0.1, 0.15) is 25.0 Å². The number of hydrogen-bond donors (Lipinski definition) is 1. The van der Waals surface area contributed by atoms with Crippen LogP contribution in [0.5, 0.6) is 0 Å². The van der Waals surface area contributed by atoms with E-state index >= 15 is 0 Å². The predicted molar refractivity (Wildman–Crippen MR) is 76.9 cm³/mol. The first-order chi connectivity index (χ1) is 8.44. The number of anilines is 2. The third-order valence-electron chi connectivity index (χ3n) is 4.17. The van der Waals surface area contributed by atoms with Gasteiger partial charge in [0.15, 0.2) is 5.82 Å². The molecule has 18 heavy (non-hydrogen) atoms. The van der Waals surface area contributed by atoms with Gasteiger partial charge in [0.25, 0.3) is 0 Å². The van der Waals surface area contributed by atoms with Gasteiger partial charge in [0, 0.05) is 24.8 Å². The van der Waals surface area contributed by atoms with Crippen LogP contribution < -0.4 is 10.6 Å². The summed E-state index contributed by atoms with van der Waals surface area (Å²) in [5.74, 6) is 0.906. The highest BCUT2D eigenvalue weighted by Gasteiger charge is 2.40. The first kappa shape index (κ1) is 13.1. The van der Waals surface area contributed by atoms with E-state index in [1.165, 1.54) is 19.3 Å². The van der Waals surface area contributed by atoms with E-state index in [2.05, 4.69) is 35.9 Å². The second-order valence-electron chi connectivity index (χ2n) is 5.69. The molecular formula is C14H24N4. The molecular weight excluding hydrogens is 224 g/mol. The molecule has 0 saturated heterocycles. The van der Waals surface area contributed by atoms with Gasteiger partial charge in [-0.1, -0.05) is 0 Å². The highest BCUT2D eigenvalue weighted by Crippen LogP contribution is 2.37. The zero-order valence-corrected chi connectivity index (χ0v) is 11.9. The number of hydrogen-bond acceptors (Lipinski definition) is 4. The molecule has 1 saturated carbocycles. The second kappa shape index (κ2) is 4.76. The van der Waals surface area contributed by atoms with Crippen LogP contribution in [0.4, 0.5) is 11.5 Å². The van der Waals surface area contributed by atoms with E-state index in [0.717, 1.165) is 23.7 Å². The van der Waals surface area contributed by atoms with Crippen LogP contribution in [0.2, 0.25) is 0 Å².